The van der Waals surface area contributed by atoms with Crippen LogP contribution in [0.25, 0.3) is 0 Å². The van der Waals surface area contributed by atoms with Crippen LogP contribution in [0.2, 0.25) is 5.02 Å². The van der Waals surface area contributed by atoms with Crippen molar-refractivity contribution in [2.45, 2.75) is 0 Å². The molecule has 0 saturated heterocycles. The van der Waals surface area contributed by atoms with E-state index >= 15 is 0 Å². The summed E-state index contributed by atoms with van der Waals surface area (Å²) >= 11 is 11.1. The Labute approximate surface area is 130 Å². The Morgan fingerprint density at radius 2 is 2.24 bits per heavy atom. The van der Waals surface area contributed by atoms with Gasteiger partial charge in [-0.3, -0.25) is 14.9 Å². The number of amides is 1. The number of hydrogen-bond donors (Lipinski definition) is 2. The third-order valence-electron chi connectivity index (χ3n) is 2.25. The highest BCUT2D eigenvalue weighted by Gasteiger charge is 2.15. The number of nitrogens with one attached hydrogen (secondary N) is 2. The Kier molecular flexibility index (Phi) is 6.46. The minimum atomic E-state index is -0.698. The van der Waals surface area contributed by atoms with Gasteiger partial charge < -0.3 is 10.6 Å². The highest BCUT2D eigenvalue weighted by atomic mass is 35.5. The van der Waals surface area contributed by atoms with E-state index in [-0.39, 0.29) is 22.0 Å². The van der Waals surface area contributed by atoms with Crippen LogP contribution in [0.15, 0.2) is 30.0 Å². The number of nitro groups is 1. The molecule has 110 valence electrons. The molecule has 0 atom stereocenters. The van der Waals surface area contributed by atoms with Gasteiger partial charge in [-0.2, -0.15) is 5.26 Å². The molecule has 1 rings (SSSR count). The second-order valence-electron chi connectivity index (χ2n) is 3.69. The van der Waals surface area contributed by atoms with Gasteiger partial charge in [0.2, 0.25) is 0 Å². The Bertz CT molecular complexity index is 625. The lowest BCUT2D eigenvalue weighted by molar-refractivity contribution is -0.384. The first kappa shape index (κ1) is 16.8. The summed E-state index contributed by atoms with van der Waals surface area (Å²) in [5.41, 5.74) is -0.357. The molecule has 0 fully saturated rings. The molecule has 7 nitrogen and oxygen atoms in total. The number of rotatable bonds is 6. The molecule has 2 N–H and O–H groups in total. The van der Waals surface area contributed by atoms with Gasteiger partial charge in [-0.15, -0.1) is 11.6 Å². The lowest BCUT2D eigenvalue weighted by Crippen LogP contribution is -2.17. The molecule has 1 aromatic rings. The van der Waals surface area contributed by atoms with E-state index in [1.807, 2.05) is 0 Å². The summed E-state index contributed by atoms with van der Waals surface area (Å²) in [6, 6.07) is 5.51. The highest BCUT2D eigenvalue weighted by molar-refractivity contribution is 6.32. The number of hydrogen-bond acceptors (Lipinski definition) is 5. The van der Waals surface area contributed by atoms with Gasteiger partial charge in [0.1, 0.15) is 16.7 Å². The van der Waals surface area contributed by atoms with Crippen LogP contribution in [0, 0.1) is 21.4 Å². The van der Waals surface area contributed by atoms with Crippen molar-refractivity contribution in [3.63, 3.8) is 0 Å². The van der Waals surface area contributed by atoms with E-state index in [9.17, 15) is 14.9 Å². The number of benzene rings is 1. The molecule has 0 unspecified atom stereocenters. The van der Waals surface area contributed by atoms with Gasteiger partial charge in [-0.25, -0.2) is 0 Å². The molecule has 1 amide bonds. The van der Waals surface area contributed by atoms with E-state index in [1.165, 1.54) is 18.3 Å². The molecule has 0 heterocycles. The Hall–Kier alpha value is -2.30. The van der Waals surface area contributed by atoms with E-state index in [4.69, 9.17) is 28.5 Å². The fourth-order valence-electron chi connectivity index (χ4n) is 1.31. The maximum atomic E-state index is 11.8. The molecule has 21 heavy (non-hydrogen) atoms. The van der Waals surface area contributed by atoms with E-state index in [0.717, 1.165) is 6.07 Å². The van der Waals surface area contributed by atoms with Gasteiger partial charge in [-0.05, 0) is 12.1 Å². The van der Waals surface area contributed by atoms with Crippen molar-refractivity contribution in [3.8, 4) is 6.07 Å². The van der Waals surface area contributed by atoms with Crippen molar-refractivity contribution >= 4 is 40.5 Å². The van der Waals surface area contributed by atoms with Gasteiger partial charge in [0.05, 0.1) is 4.92 Å². The fourth-order valence-corrected chi connectivity index (χ4v) is 1.60. The Morgan fingerprint density at radius 1 is 1.52 bits per heavy atom. The van der Waals surface area contributed by atoms with Gasteiger partial charge in [0, 0.05) is 30.4 Å². The van der Waals surface area contributed by atoms with Gasteiger partial charge in [-0.1, -0.05) is 11.6 Å². The summed E-state index contributed by atoms with van der Waals surface area (Å²) < 4.78 is 0. The van der Waals surface area contributed by atoms with Crippen LogP contribution in [0.1, 0.15) is 0 Å². The van der Waals surface area contributed by atoms with Crippen molar-refractivity contribution in [1.29, 1.82) is 5.26 Å². The third kappa shape index (κ3) is 4.95. The van der Waals surface area contributed by atoms with Crippen LogP contribution in [0.5, 0.6) is 0 Å². The maximum Gasteiger partial charge on any atom is 0.289 e. The standard InChI is InChI=1S/C12H10Cl2N4O3/c13-3-4-16-7-8(6-15)12(19)17-9-1-2-10(14)11(5-9)18(20)21/h1-2,5,7,16H,3-4H2,(H,17,19)/b8-7-. The molecule has 0 aliphatic heterocycles. The minimum absolute atomic E-state index is 0.0437. The van der Waals surface area contributed by atoms with Gasteiger partial charge in [0.15, 0.2) is 0 Å². The smallest absolute Gasteiger partial charge is 0.289 e. The SMILES string of the molecule is N#C/C(=C/NCCCl)C(=O)Nc1ccc(Cl)c([N+](=O)[O-])c1. The van der Waals surface area contributed by atoms with E-state index in [2.05, 4.69) is 10.6 Å². The molecule has 1 aromatic carbocycles. The van der Waals surface area contributed by atoms with Crippen LogP contribution < -0.4 is 10.6 Å². The van der Waals surface area contributed by atoms with Crippen LogP contribution in [-0.2, 0) is 4.79 Å². The maximum absolute atomic E-state index is 11.8. The lowest BCUT2D eigenvalue weighted by atomic mass is 10.2. The molecule has 0 aliphatic carbocycles. The van der Waals surface area contributed by atoms with Crippen molar-refractivity contribution in [2.75, 3.05) is 17.7 Å². The first-order valence-corrected chi connectivity index (χ1v) is 6.55. The van der Waals surface area contributed by atoms with Crippen molar-refractivity contribution < 1.29 is 9.72 Å². The highest BCUT2D eigenvalue weighted by Crippen LogP contribution is 2.27. The van der Waals surface area contributed by atoms with Crippen molar-refractivity contribution in [1.82, 2.24) is 5.32 Å². The average molecular weight is 329 g/mol. The first-order chi connectivity index (χ1) is 9.99. The number of carbonyl (C=O) groups excluding carboxylic acids is 1. The largest absolute Gasteiger partial charge is 0.388 e. The summed E-state index contributed by atoms with van der Waals surface area (Å²) in [5.74, 6) is -0.378. The molecule has 0 radical (unpaired) electrons. The van der Waals surface area contributed by atoms with E-state index < -0.39 is 10.8 Å². The summed E-state index contributed by atoms with van der Waals surface area (Å²) in [5, 5.41) is 24.6. The number of nitrogens with zero attached hydrogens (tertiary/aromatic N) is 2. The number of alkyl halides is 1. The molecule has 0 aliphatic rings. The minimum Gasteiger partial charge on any atom is -0.388 e. The molecular weight excluding hydrogens is 319 g/mol. The predicted molar refractivity (Wildman–Crippen MR) is 79.2 cm³/mol. The molecule has 9 heteroatoms. The lowest BCUT2D eigenvalue weighted by Gasteiger charge is -2.05. The van der Waals surface area contributed by atoms with Gasteiger partial charge in [0.25, 0.3) is 11.6 Å². The van der Waals surface area contributed by atoms with Crippen LogP contribution in [0.3, 0.4) is 0 Å². The molecular formula is C12H10Cl2N4O3. The topological polar surface area (TPSA) is 108 Å². The zero-order valence-electron chi connectivity index (χ0n) is 10.6. The van der Waals surface area contributed by atoms with E-state index in [1.54, 1.807) is 6.07 Å². The number of carbonyl (C=O) groups is 1. The summed E-state index contributed by atoms with van der Waals surface area (Å²) in [4.78, 5) is 21.9. The Morgan fingerprint density at radius 3 is 2.81 bits per heavy atom. The van der Waals surface area contributed by atoms with Crippen molar-refractivity contribution in [3.05, 3.63) is 45.1 Å². The number of nitriles is 1. The second-order valence-corrected chi connectivity index (χ2v) is 4.48. The first-order valence-electron chi connectivity index (χ1n) is 5.64. The number of halogens is 2. The average Bonchev–Trinajstić information content (AvgIpc) is 2.45. The molecule has 0 bridgehead atoms. The second kappa shape index (κ2) is 8.09. The molecule has 0 spiro atoms. The summed E-state index contributed by atoms with van der Waals surface area (Å²) in [7, 11) is 0. The predicted octanol–water partition coefficient (Wildman–Crippen LogP) is 2.42. The quantitative estimate of drug-likeness (QED) is 0.208. The zero-order valence-corrected chi connectivity index (χ0v) is 12.1. The Balaban J connectivity index is 2.88. The van der Waals surface area contributed by atoms with Crippen LogP contribution in [-0.4, -0.2) is 23.3 Å². The molecule has 0 saturated carbocycles. The monoisotopic (exact) mass is 328 g/mol. The fraction of sp³-hybridized carbons (Fsp3) is 0.167. The van der Waals surface area contributed by atoms with E-state index in [0.29, 0.717) is 12.4 Å². The summed E-state index contributed by atoms with van der Waals surface area (Å²) in [6.07, 6.45) is 1.22. The number of anilines is 1. The van der Waals surface area contributed by atoms with Gasteiger partial charge >= 0.3 is 0 Å². The zero-order chi connectivity index (χ0) is 15.8. The normalized spacial score (nSPS) is 10.6. The number of nitro benzene ring substituents is 1. The van der Waals surface area contributed by atoms with Crippen LogP contribution in [0.4, 0.5) is 11.4 Å². The van der Waals surface area contributed by atoms with Crippen molar-refractivity contribution in [2.24, 2.45) is 0 Å². The molecule has 0 aromatic heterocycles. The van der Waals surface area contributed by atoms with Crippen LogP contribution >= 0.6 is 23.2 Å². The summed E-state index contributed by atoms with van der Waals surface area (Å²) in [6.45, 7) is 0.395. The third-order valence-corrected chi connectivity index (χ3v) is 2.76.